The van der Waals surface area contributed by atoms with Gasteiger partial charge in [0.1, 0.15) is 0 Å². The molecule has 4 nitrogen and oxygen atoms in total. The van der Waals surface area contributed by atoms with Gasteiger partial charge in [0.25, 0.3) is 5.91 Å². The van der Waals surface area contributed by atoms with Gasteiger partial charge in [0, 0.05) is 43.3 Å². The Hall–Kier alpha value is -3.01. The zero-order chi connectivity index (χ0) is 18.8. The number of nitrogens with two attached hydrogens (primary N) is 1. The summed E-state index contributed by atoms with van der Waals surface area (Å²) in [7, 11) is 4.02. The summed E-state index contributed by atoms with van der Waals surface area (Å²) in [5.41, 5.74) is 12.6. The number of aromatic nitrogens is 1. The van der Waals surface area contributed by atoms with Crippen LogP contribution in [-0.4, -0.2) is 24.6 Å². The average Bonchev–Trinajstić information content (AvgIpc) is 2.87. The number of benzene rings is 2. The fourth-order valence-electron chi connectivity index (χ4n) is 3.47. The van der Waals surface area contributed by atoms with Gasteiger partial charge in [0.15, 0.2) is 0 Å². The van der Waals surface area contributed by atoms with Crippen LogP contribution in [0.15, 0.2) is 54.6 Å². The number of primary amides is 1. The quantitative estimate of drug-likeness (QED) is 0.759. The Morgan fingerprint density at radius 2 is 1.58 bits per heavy atom. The fourth-order valence-corrected chi connectivity index (χ4v) is 3.47. The van der Waals surface area contributed by atoms with Crippen molar-refractivity contribution in [3.63, 3.8) is 0 Å². The van der Waals surface area contributed by atoms with Crippen LogP contribution in [0, 0.1) is 13.8 Å². The van der Waals surface area contributed by atoms with E-state index in [2.05, 4.69) is 52.8 Å². The third-order valence-electron chi connectivity index (χ3n) is 4.89. The Labute approximate surface area is 154 Å². The summed E-state index contributed by atoms with van der Waals surface area (Å²) in [6.45, 7) is 4.74. The van der Waals surface area contributed by atoms with Crippen LogP contribution in [0.25, 0.3) is 11.1 Å². The van der Waals surface area contributed by atoms with Crippen LogP contribution in [0.4, 0.5) is 5.69 Å². The molecule has 0 spiro atoms. The molecular weight excluding hydrogens is 322 g/mol. The van der Waals surface area contributed by atoms with Gasteiger partial charge in [0.05, 0.1) is 5.56 Å². The molecule has 3 aromatic rings. The van der Waals surface area contributed by atoms with Crippen LogP contribution in [0.2, 0.25) is 0 Å². The molecule has 0 aliphatic carbocycles. The van der Waals surface area contributed by atoms with Crippen molar-refractivity contribution in [2.75, 3.05) is 19.0 Å². The maximum absolute atomic E-state index is 12.2. The Balaban J connectivity index is 2.12. The molecule has 0 radical (unpaired) electrons. The van der Waals surface area contributed by atoms with Gasteiger partial charge >= 0.3 is 0 Å². The SMILES string of the molecule is Cc1c(C(N)=O)c(-c2ccc(N(C)C)cc2)c(C)n1Cc1ccccc1. The predicted molar refractivity (Wildman–Crippen MR) is 108 cm³/mol. The highest BCUT2D eigenvalue weighted by Crippen LogP contribution is 2.33. The second kappa shape index (κ2) is 7.08. The molecule has 3 rings (SSSR count). The lowest BCUT2D eigenvalue weighted by molar-refractivity contribution is 0.1000. The van der Waals surface area contributed by atoms with Gasteiger partial charge in [-0.25, -0.2) is 0 Å². The lowest BCUT2D eigenvalue weighted by Crippen LogP contribution is -2.13. The molecule has 0 unspecified atom stereocenters. The van der Waals surface area contributed by atoms with E-state index in [1.54, 1.807) is 0 Å². The number of hydrogen-bond donors (Lipinski definition) is 1. The van der Waals surface area contributed by atoms with E-state index in [4.69, 9.17) is 5.73 Å². The van der Waals surface area contributed by atoms with Gasteiger partial charge < -0.3 is 15.2 Å². The van der Waals surface area contributed by atoms with E-state index in [9.17, 15) is 4.79 Å². The number of rotatable bonds is 5. The van der Waals surface area contributed by atoms with E-state index in [-0.39, 0.29) is 5.91 Å². The molecule has 0 atom stereocenters. The van der Waals surface area contributed by atoms with Gasteiger partial charge in [-0.3, -0.25) is 4.79 Å². The van der Waals surface area contributed by atoms with Crippen LogP contribution in [0.1, 0.15) is 27.3 Å². The third kappa shape index (κ3) is 3.23. The van der Waals surface area contributed by atoms with Crippen LogP contribution < -0.4 is 10.6 Å². The van der Waals surface area contributed by atoms with Crippen molar-refractivity contribution in [3.05, 3.63) is 77.1 Å². The maximum atomic E-state index is 12.2. The van der Waals surface area contributed by atoms with Crippen molar-refractivity contribution >= 4 is 11.6 Å². The van der Waals surface area contributed by atoms with Gasteiger partial charge in [-0.1, -0.05) is 42.5 Å². The molecule has 0 bridgehead atoms. The van der Waals surface area contributed by atoms with E-state index in [0.29, 0.717) is 12.1 Å². The molecule has 1 heterocycles. The fraction of sp³-hybridized carbons (Fsp3) is 0.227. The third-order valence-corrected chi connectivity index (χ3v) is 4.89. The molecule has 0 aliphatic rings. The van der Waals surface area contributed by atoms with Crippen LogP contribution >= 0.6 is 0 Å². The van der Waals surface area contributed by atoms with Crippen molar-refractivity contribution in [1.82, 2.24) is 4.57 Å². The van der Waals surface area contributed by atoms with Crippen molar-refractivity contribution < 1.29 is 4.79 Å². The molecule has 0 aliphatic heterocycles. The van der Waals surface area contributed by atoms with Crippen molar-refractivity contribution in [2.24, 2.45) is 5.73 Å². The smallest absolute Gasteiger partial charge is 0.251 e. The largest absolute Gasteiger partial charge is 0.378 e. The van der Waals surface area contributed by atoms with Crippen LogP contribution in [0.5, 0.6) is 0 Å². The van der Waals surface area contributed by atoms with Gasteiger partial charge in [-0.05, 0) is 37.1 Å². The van der Waals surface area contributed by atoms with E-state index < -0.39 is 0 Å². The van der Waals surface area contributed by atoms with Crippen molar-refractivity contribution in [1.29, 1.82) is 0 Å². The monoisotopic (exact) mass is 347 g/mol. The number of carbonyl (C=O) groups is 1. The summed E-state index contributed by atoms with van der Waals surface area (Å²) in [5, 5.41) is 0. The van der Waals surface area contributed by atoms with Crippen molar-refractivity contribution in [2.45, 2.75) is 20.4 Å². The molecule has 1 aromatic heterocycles. The molecule has 4 heteroatoms. The summed E-state index contributed by atoms with van der Waals surface area (Å²) in [6, 6.07) is 18.5. The number of amides is 1. The van der Waals surface area contributed by atoms with Crippen LogP contribution in [0.3, 0.4) is 0 Å². The maximum Gasteiger partial charge on any atom is 0.251 e. The zero-order valence-electron chi connectivity index (χ0n) is 15.8. The Morgan fingerprint density at radius 3 is 2.12 bits per heavy atom. The minimum Gasteiger partial charge on any atom is -0.378 e. The molecule has 0 fully saturated rings. The molecule has 26 heavy (non-hydrogen) atoms. The van der Waals surface area contributed by atoms with E-state index in [1.807, 2.05) is 39.2 Å². The standard InChI is InChI=1S/C22H25N3O/c1-15-20(18-10-12-19(13-11-18)24(3)4)21(22(23)26)16(2)25(15)14-17-8-6-5-7-9-17/h5-13H,14H2,1-4H3,(H2,23,26). The first kappa shape index (κ1) is 17.8. The molecular formula is C22H25N3O. The normalized spacial score (nSPS) is 10.8. The van der Waals surface area contributed by atoms with Crippen molar-refractivity contribution in [3.8, 4) is 11.1 Å². The van der Waals surface area contributed by atoms with Gasteiger partial charge in [-0.2, -0.15) is 0 Å². The predicted octanol–water partition coefficient (Wildman–Crippen LogP) is 3.99. The number of anilines is 1. The first-order valence-electron chi connectivity index (χ1n) is 8.71. The number of nitrogens with zero attached hydrogens (tertiary/aromatic N) is 2. The van der Waals surface area contributed by atoms with Gasteiger partial charge in [-0.15, -0.1) is 0 Å². The summed E-state index contributed by atoms with van der Waals surface area (Å²) in [4.78, 5) is 14.3. The topological polar surface area (TPSA) is 51.3 Å². The molecule has 0 saturated carbocycles. The molecule has 134 valence electrons. The minimum atomic E-state index is -0.385. The number of carbonyl (C=O) groups excluding carboxylic acids is 1. The highest BCUT2D eigenvalue weighted by atomic mass is 16.1. The first-order chi connectivity index (χ1) is 12.4. The van der Waals surface area contributed by atoms with E-state index >= 15 is 0 Å². The summed E-state index contributed by atoms with van der Waals surface area (Å²) >= 11 is 0. The van der Waals surface area contributed by atoms with E-state index in [0.717, 1.165) is 28.2 Å². The second-order valence-electron chi connectivity index (χ2n) is 6.80. The highest BCUT2D eigenvalue weighted by molar-refractivity contribution is 6.02. The molecule has 2 aromatic carbocycles. The summed E-state index contributed by atoms with van der Waals surface area (Å²) in [5.74, 6) is -0.385. The zero-order valence-corrected chi connectivity index (χ0v) is 15.8. The first-order valence-corrected chi connectivity index (χ1v) is 8.71. The van der Waals surface area contributed by atoms with E-state index in [1.165, 1.54) is 5.56 Å². The molecule has 2 N–H and O–H groups in total. The minimum absolute atomic E-state index is 0.385. The highest BCUT2D eigenvalue weighted by Gasteiger charge is 2.22. The average molecular weight is 347 g/mol. The Morgan fingerprint density at radius 1 is 0.962 bits per heavy atom. The lowest BCUT2D eigenvalue weighted by Gasteiger charge is -2.13. The summed E-state index contributed by atoms with van der Waals surface area (Å²) < 4.78 is 2.17. The molecule has 0 saturated heterocycles. The summed E-state index contributed by atoms with van der Waals surface area (Å²) in [6.07, 6.45) is 0. The van der Waals surface area contributed by atoms with Gasteiger partial charge in [0.2, 0.25) is 0 Å². The second-order valence-corrected chi connectivity index (χ2v) is 6.80. The van der Waals surface area contributed by atoms with Crippen LogP contribution in [-0.2, 0) is 6.54 Å². The Kier molecular flexibility index (Phi) is 4.85. The Bertz CT molecular complexity index is 922. The lowest BCUT2D eigenvalue weighted by atomic mass is 10.00. The number of hydrogen-bond acceptors (Lipinski definition) is 2. The molecule has 1 amide bonds.